The Labute approximate surface area is 100 Å². The molecule has 0 saturated heterocycles. The third-order valence-electron chi connectivity index (χ3n) is 2.29. The number of hydrogen-bond acceptors (Lipinski definition) is 3. The summed E-state index contributed by atoms with van der Waals surface area (Å²) in [5.41, 5.74) is 0.175. The van der Waals surface area contributed by atoms with Gasteiger partial charge in [0.25, 0.3) is 0 Å². The van der Waals surface area contributed by atoms with E-state index in [-0.39, 0.29) is 11.2 Å². The quantitative estimate of drug-likeness (QED) is 0.639. The van der Waals surface area contributed by atoms with Gasteiger partial charge in [-0.1, -0.05) is 20.8 Å². The Balaban J connectivity index is 3.71. The van der Waals surface area contributed by atoms with Crippen LogP contribution in [0, 0.1) is 5.41 Å². The Morgan fingerprint density at radius 3 is 2.19 bits per heavy atom. The second-order valence-corrected chi connectivity index (χ2v) is 7.26. The van der Waals surface area contributed by atoms with E-state index in [1.807, 2.05) is 7.05 Å². The Morgan fingerprint density at radius 2 is 1.69 bits per heavy atom. The van der Waals surface area contributed by atoms with Crippen molar-refractivity contribution in [1.82, 2.24) is 10.0 Å². The molecule has 0 spiro atoms. The average Bonchev–Trinajstić information content (AvgIpc) is 2.10. The molecule has 0 aliphatic rings. The van der Waals surface area contributed by atoms with E-state index >= 15 is 0 Å². The van der Waals surface area contributed by atoms with Crippen molar-refractivity contribution in [1.29, 1.82) is 0 Å². The minimum absolute atomic E-state index is 0.175. The highest BCUT2D eigenvalue weighted by Crippen LogP contribution is 2.17. The number of hydrogen-bond donors (Lipinski definition) is 2. The molecular formula is C11H26N2O2S. The zero-order chi connectivity index (χ0) is 12.7. The summed E-state index contributed by atoms with van der Waals surface area (Å²) in [6.45, 7) is 7.73. The maximum Gasteiger partial charge on any atom is 0.211 e. The van der Waals surface area contributed by atoms with Gasteiger partial charge < -0.3 is 5.32 Å². The Hall–Kier alpha value is -0.130. The summed E-state index contributed by atoms with van der Waals surface area (Å²) in [4.78, 5) is 0. The lowest BCUT2D eigenvalue weighted by Gasteiger charge is -2.18. The van der Waals surface area contributed by atoms with Gasteiger partial charge in [-0.25, -0.2) is 13.1 Å². The monoisotopic (exact) mass is 250 g/mol. The van der Waals surface area contributed by atoms with E-state index in [1.165, 1.54) is 0 Å². The zero-order valence-electron chi connectivity index (χ0n) is 11.0. The Kier molecular flexibility index (Phi) is 7.19. The molecule has 0 aliphatic heterocycles. The smallest absolute Gasteiger partial charge is 0.211 e. The molecule has 0 aliphatic carbocycles. The summed E-state index contributed by atoms with van der Waals surface area (Å²) >= 11 is 0. The van der Waals surface area contributed by atoms with Gasteiger partial charge in [0.05, 0.1) is 5.75 Å². The highest BCUT2D eigenvalue weighted by molar-refractivity contribution is 7.89. The van der Waals surface area contributed by atoms with Crippen molar-refractivity contribution < 1.29 is 8.42 Å². The third-order valence-corrected chi connectivity index (χ3v) is 3.76. The Morgan fingerprint density at radius 1 is 1.06 bits per heavy atom. The van der Waals surface area contributed by atoms with E-state index in [4.69, 9.17) is 0 Å². The normalized spacial score (nSPS) is 13.0. The maximum atomic E-state index is 11.5. The molecule has 0 fully saturated rings. The van der Waals surface area contributed by atoms with Gasteiger partial charge in [-0.3, -0.25) is 0 Å². The van der Waals surface area contributed by atoms with Gasteiger partial charge in [0, 0.05) is 6.54 Å². The van der Waals surface area contributed by atoms with Crippen molar-refractivity contribution in [2.75, 3.05) is 25.9 Å². The standard InChI is InChI=1S/C11H26N2O2S/c1-11(2,3)7-9-13-16(14,15)10-6-5-8-12-4/h12-13H,5-10H2,1-4H3. The molecule has 0 aromatic carbocycles. The minimum Gasteiger partial charge on any atom is -0.320 e. The van der Waals surface area contributed by atoms with Gasteiger partial charge in [0.1, 0.15) is 0 Å². The fourth-order valence-electron chi connectivity index (χ4n) is 1.25. The van der Waals surface area contributed by atoms with Crippen molar-refractivity contribution in [3.05, 3.63) is 0 Å². The molecule has 0 unspecified atom stereocenters. The summed E-state index contributed by atoms with van der Waals surface area (Å²) in [7, 11) is -1.19. The fraction of sp³-hybridized carbons (Fsp3) is 1.00. The molecule has 0 amide bonds. The molecule has 0 heterocycles. The van der Waals surface area contributed by atoms with Gasteiger partial charge in [-0.15, -0.1) is 0 Å². The van der Waals surface area contributed by atoms with Crippen molar-refractivity contribution in [3.8, 4) is 0 Å². The third kappa shape index (κ3) is 10.4. The molecule has 0 radical (unpaired) electrons. The van der Waals surface area contributed by atoms with Crippen LogP contribution in [-0.4, -0.2) is 34.3 Å². The Bertz CT molecular complexity index is 268. The van der Waals surface area contributed by atoms with E-state index in [0.29, 0.717) is 13.0 Å². The summed E-state index contributed by atoms with van der Waals surface area (Å²) in [5, 5.41) is 3.00. The lowest BCUT2D eigenvalue weighted by atomic mass is 9.93. The van der Waals surface area contributed by atoms with Gasteiger partial charge in [0.15, 0.2) is 0 Å². The highest BCUT2D eigenvalue weighted by atomic mass is 32.2. The SMILES string of the molecule is CNCCCCS(=O)(=O)NCCC(C)(C)C. The second kappa shape index (κ2) is 7.25. The van der Waals surface area contributed by atoms with E-state index in [9.17, 15) is 8.42 Å². The van der Waals surface area contributed by atoms with Crippen LogP contribution < -0.4 is 10.0 Å². The number of unbranched alkanes of at least 4 members (excludes halogenated alkanes) is 1. The molecule has 0 rings (SSSR count). The van der Waals surface area contributed by atoms with Crippen molar-refractivity contribution >= 4 is 10.0 Å². The first-order chi connectivity index (χ1) is 7.27. The van der Waals surface area contributed by atoms with Crippen LogP contribution in [0.3, 0.4) is 0 Å². The summed E-state index contributed by atoms with van der Waals surface area (Å²) in [6.07, 6.45) is 2.48. The lowest BCUT2D eigenvalue weighted by Crippen LogP contribution is -2.29. The van der Waals surface area contributed by atoms with Gasteiger partial charge in [-0.05, 0) is 38.3 Å². The summed E-state index contributed by atoms with van der Waals surface area (Å²) in [6, 6.07) is 0. The second-order valence-electron chi connectivity index (χ2n) is 5.33. The predicted molar refractivity (Wildman–Crippen MR) is 69.0 cm³/mol. The van der Waals surface area contributed by atoms with Crippen LogP contribution in [0.5, 0.6) is 0 Å². The first-order valence-electron chi connectivity index (χ1n) is 5.89. The van der Waals surface area contributed by atoms with Gasteiger partial charge >= 0.3 is 0 Å². The molecule has 0 atom stereocenters. The van der Waals surface area contributed by atoms with E-state index < -0.39 is 10.0 Å². The molecule has 5 heteroatoms. The van der Waals surface area contributed by atoms with Crippen LogP contribution in [0.15, 0.2) is 0 Å². The highest BCUT2D eigenvalue weighted by Gasteiger charge is 2.13. The first kappa shape index (κ1) is 15.9. The van der Waals surface area contributed by atoms with Crippen LogP contribution in [-0.2, 0) is 10.0 Å². The van der Waals surface area contributed by atoms with Crippen LogP contribution in [0.4, 0.5) is 0 Å². The van der Waals surface area contributed by atoms with Gasteiger partial charge in [0.2, 0.25) is 10.0 Å². The lowest BCUT2D eigenvalue weighted by molar-refractivity contribution is 0.378. The molecule has 4 nitrogen and oxygen atoms in total. The molecule has 0 aromatic rings. The number of sulfonamides is 1. The minimum atomic E-state index is -3.06. The largest absolute Gasteiger partial charge is 0.320 e. The maximum absolute atomic E-state index is 11.5. The van der Waals surface area contributed by atoms with Crippen molar-refractivity contribution in [3.63, 3.8) is 0 Å². The van der Waals surface area contributed by atoms with Crippen LogP contribution in [0.25, 0.3) is 0 Å². The van der Waals surface area contributed by atoms with Crippen molar-refractivity contribution in [2.24, 2.45) is 5.41 Å². The molecule has 0 saturated carbocycles. The summed E-state index contributed by atoms with van der Waals surface area (Å²) in [5.74, 6) is 0.235. The molecule has 16 heavy (non-hydrogen) atoms. The zero-order valence-corrected chi connectivity index (χ0v) is 11.8. The average molecular weight is 250 g/mol. The van der Waals surface area contributed by atoms with E-state index in [1.54, 1.807) is 0 Å². The van der Waals surface area contributed by atoms with E-state index in [2.05, 4.69) is 30.8 Å². The fourth-order valence-corrected chi connectivity index (χ4v) is 2.39. The van der Waals surface area contributed by atoms with E-state index in [0.717, 1.165) is 19.4 Å². The van der Waals surface area contributed by atoms with Crippen LogP contribution in [0.1, 0.15) is 40.0 Å². The molecule has 0 aromatic heterocycles. The van der Waals surface area contributed by atoms with Gasteiger partial charge in [-0.2, -0.15) is 0 Å². The molecular weight excluding hydrogens is 224 g/mol. The number of nitrogens with one attached hydrogen (secondary N) is 2. The van der Waals surface area contributed by atoms with Crippen molar-refractivity contribution in [2.45, 2.75) is 40.0 Å². The molecule has 2 N–H and O–H groups in total. The van der Waals surface area contributed by atoms with Crippen LogP contribution >= 0.6 is 0 Å². The molecule has 98 valence electrons. The number of rotatable bonds is 8. The summed E-state index contributed by atoms with van der Waals surface area (Å²) < 4.78 is 25.7. The predicted octanol–water partition coefficient (Wildman–Crippen LogP) is 1.34. The molecule has 0 bridgehead atoms. The first-order valence-corrected chi connectivity index (χ1v) is 7.54. The topological polar surface area (TPSA) is 58.2 Å². The van der Waals surface area contributed by atoms with Crippen LogP contribution in [0.2, 0.25) is 0 Å².